The predicted molar refractivity (Wildman–Crippen MR) is 122 cm³/mol. The van der Waals surface area contributed by atoms with Gasteiger partial charge in [0.15, 0.2) is 11.8 Å². The molecule has 2 N–H and O–H groups in total. The van der Waals surface area contributed by atoms with Crippen LogP contribution in [-0.4, -0.2) is 34.4 Å². The zero-order valence-corrected chi connectivity index (χ0v) is 19.1. The van der Waals surface area contributed by atoms with Gasteiger partial charge in [-0.25, -0.2) is 4.99 Å². The van der Waals surface area contributed by atoms with Crippen LogP contribution in [0, 0.1) is 6.92 Å². The zero-order valence-electron chi connectivity index (χ0n) is 18.3. The fraction of sp³-hybridized carbons (Fsp3) is 0.409. The van der Waals surface area contributed by atoms with Crippen molar-refractivity contribution in [1.29, 1.82) is 0 Å². The van der Waals surface area contributed by atoms with Crippen molar-refractivity contribution < 1.29 is 4.74 Å². The quantitative estimate of drug-likeness (QED) is 0.426. The zero-order chi connectivity index (χ0) is 21.6. The fourth-order valence-electron chi connectivity index (χ4n) is 2.95. The molecule has 7 nitrogen and oxygen atoms in total. The Morgan fingerprint density at radius 3 is 2.70 bits per heavy atom. The molecule has 1 aromatic carbocycles. The van der Waals surface area contributed by atoms with Crippen molar-refractivity contribution >= 4 is 17.3 Å². The Hall–Kier alpha value is -2.87. The number of rotatable bonds is 8. The topological polar surface area (TPSA) is 76.4 Å². The van der Waals surface area contributed by atoms with Gasteiger partial charge in [-0.3, -0.25) is 0 Å². The maximum absolute atomic E-state index is 5.39. The third-order valence-corrected chi connectivity index (χ3v) is 6.00. The molecule has 0 spiro atoms. The second-order valence-corrected chi connectivity index (χ2v) is 8.82. The van der Waals surface area contributed by atoms with Crippen molar-refractivity contribution in [1.82, 2.24) is 25.4 Å². The van der Waals surface area contributed by atoms with Gasteiger partial charge in [-0.15, -0.1) is 21.5 Å². The summed E-state index contributed by atoms with van der Waals surface area (Å²) in [5.41, 5.74) is 1.09. The Kier molecular flexibility index (Phi) is 7.10. The number of aryl methyl sites for hydroxylation is 1. The molecule has 0 radical (unpaired) electrons. The van der Waals surface area contributed by atoms with Crippen LogP contribution in [0.2, 0.25) is 0 Å². The summed E-state index contributed by atoms with van der Waals surface area (Å²) in [6.07, 6.45) is 0. The molecule has 2 aromatic heterocycles. The fourth-order valence-corrected chi connectivity index (χ4v) is 3.59. The molecule has 0 saturated heterocycles. The molecular formula is C22H30N6OS. The van der Waals surface area contributed by atoms with Crippen LogP contribution in [0.1, 0.15) is 35.9 Å². The van der Waals surface area contributed by atoms with Crippen LogP contribution in [-0.2, 0) is 25.6 Å². The van der Waals surface area contributed by atoms with Gasteiger partial charge in [-0.05, 0) is 36.1 Å². The minimum Gasteiger partial charge on any atom is -0.497 e. The molecule has 0 unspecified atom stereocenters. The van der Waals surface area contributed by atoms with Crippen molar-refractivity contribution in [2.24, 2.45) is 12.0 Å². The maximum Gasteiger partial charge on any atom is 0.192 e. The minimum atomic E-state index is -0.110. The van der Waals surface area contributed by atoms with Crippen LogP contribution in [0.4, 0.5) is 0 Å². The van der Waals surface area contributed by atoms with Gasteiger partial charge in [0.1, 0.15) is 18.1 Å². The Labute approximate surface area is 182 Å². The summed E-state index contributed by atoms with van der Waals surface area (Å²) in [4.78, 5) is 6.00. The third kappa shape index (κ3) is 5.60. The van der Waals surface area contributed by atoms with E-state index in [0.29, 0.717) is 13.1 Å². The van der Waals surface area contributed by atoms with Crippen LogP contribution in [0.25, 0.3) is 0 Å². The number of ether oxygens (including phenoxy) is 1. The summed E-state index contributed by atoms with van der Waals surface area (Å²) < 4.78 is 7.34. The number of thiophene rings is 1. The second kappa shape index (κ2) is 9.75. The smallest absolute Gasteiger partial charge is 0.192 e. The van der Waals surface area contributed by atoms with E-state index in [0.717, 1.165) is 29.9 Å². The Morgan fingerprint density at radius 1 is 1.20 bits per heavy atom. The minimum absolute atomic E-state index is 0.110. The van der Waals surface area contributed by atoms with Gasteiger partial charge in [0.25, 0.3) is 0 Å². The van der Waals surface area contributed by atoms with Crippen LogP contribution in [0.3, 0.4) is 0 Å². The molecule has 0 amide bonds. The molecule has 8 heteroatoms. The summed E-state index contributed by atoms with van der Waals surface area (Å²) in [7, 11) is 3.65. The van der Waals surface area contributed by atoms with Crippen LogP contribution in [0.15, 0.2) is 46.8 Å². The molecule has 0 bridgehead atoms. The number of aliphatic imine (C=N–C) groups is 1. The Bertz CT molecular complexity index is 977. The van der Waals surface area contributed by atoms with Gasteiger partial charge in [0.05, 0.1) is 13.7 Å². The lowest BCUT2D eigenvalue weighted by Crippen LogP contribution is -2.43. The highest BCUT2D eigenvalue weighted by Gasteiger charge is 2.21. The van der Waals surface area contributed by atoms with Crippen molar-refractivity contribution in [2.75, 3.05) is 13.7 Å². The van der Waals surface area contributed by atoms with Gasteiger partial charge in [0, 0.05) is 23.9 Å². The average Bonchev–Trinajstić information content (AvgIpc) is 3.38. The first kappa shape index (κ1) is 21.8. The number of methoxy groups -OCH3 is 1. The number of hydrogen-bond acceptors (Lipinski definition) is 5. The highest BCUT2D eigenvalue weighted by atomic mass is 32.1. The molecule has 3 rings (SSSR count). The van der Waals surface area contributed by atoms with E-state index in [1.807, 2.05) is 30.7 Å². The molecule has 0 aliphatic carbocycles. The van der Waals surface area contributed by atoms with Gasteiger partial charge in [-0.2, -0.15) is 0 Å². The number of guanidine groups is 1. The van der Waals surface area contributed by atoms with Crippen molar-refractivity contribution in [2.45, 2.75) is 39.3 Å². The standard InChI is InChI=1S/C22H30N6OS/c1-16-26-27-20(28(16)4)14-24-21(23-13-19-10-7-11-30-19)25-15-22(2,3)17-8-6-9-18(12-17)29-5/h6-12H,13-15H2,1-5H3,(H2,23,24,25). The van der Waals surface area contributed by atoms with Gasteiger partial charge < -0.3 is 19.9 Å². The Morgan fingerprint density at radius 2 is 2.03 bits per heavy atom. The monoisotopic (exact) mass is 426 g/mol. The lowest BCUT2D eigenvalue weighted by Gasteiger charge is -2.27. The molecule has 2 heterocycles. The van der Waals surface area contributed by atoms with E-state index in [1.165, 1.54) is 10.4 Å². The number of nitrogens with zero attached hydrogens (tertiary/aromatic N) is 4. The molecule has 30 heavy (non-hydrogen) atoms. The van der Waals surface area contributed by atoms with Crippen LogP contribution in [0.5, 0.6) is 5.75 Å². The van der Waals surface area contributed by atoms with E-state index in [1.54, 1.807) is 18.4 Å². The lowest BCUT2D eigenvalue weighted by molar-refractivity contribution is 0.411. The predicted octanol–water partition coefficient (Wildman–Crippen LogP) is 3.41. The molecule has 160 valence electrons. The van der Waals surface area contributed by atoms with Gasteiger partial charge >= 0.3 is 0 Å². The van der Waals surface area contributed by atoms with Crippen molar-refractivity contribution in [3.8, 4) is 5.75 Å². The summed E-state index contributed by atoms with van der Waals surface area (Å²) in [6, 6.07) is 12.4. The molecule has 3 aromatic rings. The summed E-state index contributed by atoms with van der Waals surface area (Å²) in [5.74, 6) is 3.32. The summed E-state index contributed by atoms with van der Waals surface area (Å²) in [5, 5.41) is 17.3. The van der Waals surface area contributed by atoms with Crippen LogP contribution >= 0.6 is 11.3 Å². The Balaban J connectivity index is 1.71. The molecule has 0 aliphatic heterocycles. The SMILES string of the molecule is COc1cccc(C(C)(C)CNC(=NCc2nnc(C)n2C)NCc2cccs2)c1. The normalized spacial score (nSPS) is 12.1. The highest BCUT2D eigenvalue weighted by Crippen LogP contribution is 2.25. The van der Waals surface area contributed by atoms with E-state index < -0.39 is 0 Å². The molecule has 0 saturated carbocycles. The number of nitrogens with one attached hydrogen (secondary N) is 2. The molecular weight excluding hydrogens is 396 g/mol. The maximum atomic E-state index is 5.39. The molecule has 0 fully saturated rings. The van der Waals surface area contributed by atoms with Crippen molar-refractivity contribution in [3.05, 3.63) is 63.9 Å². The van der Waals surface area contributed by atoms with Crippen molar-refractivity contribution in [3.63, 3.8) is 0 Å². The van der Waals surface area contributed by atoms with E-state index >= 15 is 0 Å². The lowest BCUT2D eigenvalue weighted by atomic mass is 9.84. The van der Waals surface area contributed by atoms with Crippen LogP contribution < -0.4 is 15.4 Å². The number of aromatic nitrogens is 3. The molecule has 0 atom stereocenters. The average molecular weight is 427 g/mol. The number of benzene rings is 1. The number of hydrogen-bond donors (Lipinski definition) is 2. The second-order valence-electron chi connectivity index (χ2n) is 7.79. The largest absolute Gasteiger partial charge is 0.497 e. The first-order valence-corrected chi connectivity index (χ1v) is 10.8. The first-order chi connectivity index (χ1) is 14.4. The highest BCUT2D eigenvalue weighted by molar-refractivity contribution is 7.09. The first-order valence-electron chi connectivity index (χ1n) is 9.93. The van der Waals surface area contributed by atoms with E-state index in [2.05, 4.69) is 64.3 Å². The van der Waals surface area contributed by atoms with E-state index in [-0.39, 0.29) is 5.41 Å². The molecule has 0 aliphatic rings. The van der Waals surface area contributed by atoms with Gasteiger partial charge in [-0.1, -0.05) is 32.0 Å². The van der Waals surface area contributed by atoms with E-state index in [4.69, 9.17) is 9.73 Å². The van der Waals surface area contributed by atoms with Gasteiger partial charge in [0.2, 0.25) is 0 Å². The third-order valence-electron chi connectivity index (χ3n) is 5.12. The van der Waals surface area contributed by atoms with E-state index in [9.17, 15) is 0 Å². The summed E-state index contributed by atoms with van der Waals surface area (Å²) in [6.45, 7) is 8.24. The summed E-state index contributed by atoms with van der Waals surface area (Å²) >= 11 is 1.72.